The number of nitrogens with zero attached hydrogens (tertiary/aromatic N) is 2. The Balaban J connectivity index is 2.06. The van der Waals surface area contributed by atoms with Crippen molar-refractivity contribution in [3.8, 4) is 0 Å². The van der Waals surface area contributed by atoms with E-state index in [1.165, 1.54) is 22.9 Å². The standard InChI is InChI=1S/C20H23N3O3/c1-4-13(2)18-19(25)21-16-8-6-5-7-14(16)12-23(18)20(26)15-9-10-17(24)22(3)11-15/h5-11,13,18H,4,12H2,1-3H3,(H,21,25)/t13-,18-/m0/s1. The summed E-state index contributed by atoms with van der Waals surface area (Å²) in [5, 5.41) is 2.96. The Morgan fingerprint density at radius 2 is 1.96 bits per heavy atom. The van der Waals surface area contributed by atoms with Crippen LogP contribution in [-0.2, 0) is 18.4 Å². The number of carbonyl (C=O) groups is 2. The summed E-state index contributed by atoms with van der Waals surface area (Å²) < 4.78 is 1.37. The second-order valence-corrected chi connectivity index (χ2v) is 6.78. The normalized spacial score (nSPS) is 17.9. The predicted molar refractivity (Wildman–Crippen MR) is 99.9 cm³/mol. The van der Waals surface area contributed by atoms with Crippen molar-refractivity contribution in [2.45, 2.75) is 32.9 Å². The molecule has 6 heteroatoms. The maximum Gasteiger partial charge on any atom is 0.256 e. The van der Waals surface area contributed by atoms with Gasteiger partial charge in [-0.15, -0.1) is 0 Å². The highest BCUT2D eigenvalue weighted by atomic mass is 16.2. The number of nitrogens with one attached hydrogen (secondary N) is 1. The van der Waals surface area contributed by atoms with Crippen LogP contribution in [0.5, 0.6) is 0 Å². The first-order valence-electron chi connectivity index (χ1n) is 8.78. The number of rotatable bonds is 3. The topological polar surface area (TPSA) is 71.4 Å². The van der Waals surface area contributed by atoms with E-state index in [0.717, 1.165) is 17.7 Å². The molecule has 2 heterocycles. The summed E-state index contributed by atoms with van der Waals surface area (Å²) in [4.78, 5) is 39.4. The molecule has 2 aromatic rings. The second-order valence-electron chi connectivity index (χ2n) is 6.78. The fourth-order valence-corrected chi connectivity index (χ4v) is 3.28. The zero-order valence-corrected chi connectivity index (χ0v) is 15.2. The van der Waals surface area contributed by atoms with Gasteiger partial charge in [0.25, 0.3) is 5.91 Å². The van der Waals surface area contributed by atoms with E-state index in [9.17, 15) is 14.4 Å². The van der Waals surface area contributed by atoms with Crippen LogP contribution in [-0.4, -0.2) is 27.3 Å². The van der Waals surface area contributed by atoms with Crippen molar-refractivity contribution in [3.05, 3.63) is 64.1 Å². The highest BCUT2D eigenvalue weighted by Gasteiger charge is 2.37. The van der Waals surface area contributed by atoms with Crippen molar-refractivity contribution in [3.63, 3.8) is 0 Å². The molecule has 0 radical (unpaired) electrons. The molecule has 2 amide bonds. The third-order valence-electron chi connectivity index (χ3n) is 5.00. The Kier molecular flexibility index (Phi) is 4.93. The van der Waals surface area contributed by atoms with Crippen molar-refractivity contribution in [2.24, 2.45) is 13.0 Å². The minimum absolute atomic E-state index is 0.000735. The number of hydrogen-bond acceptors (Lipinski definition) is 3. The molecule has 2 atom stereocenters. The van der Waals surface area contributed by atoms with Gasteiger partial charge in [0.15, 0.2) is 0 Å². The summed E-state index contributed by atoms with van der Waals surface area (Å²) in [6, 6.07) is 9.84. The van der Waals surface area contributed by atoms with Gasteiger partial charge in [-0.25, -0.2) is 0 Å². The number of aryl methyl sites for hydroxylation is 1. The van der Waals surface area contributed by atoms with Crippen LogP contribution in [0.25, 0.3) is 0 Å². The van der Waals surface area contributed by atoms with E-state index in [4.69, 9.17) is 0 Å². The van der Waals surface area contributed by atoms with Crippen molar-refractivity contribution in [2.75, 3.05) is 5.32 Å². The highest BCUT2D eigenvalue weighted by molar-refractivity contribution is 6.02. The van der Waals surface area contributed by atoms with Crippen LogP contribution in [0.4, 0.5) is 5.69 Å². The number of para-hydroxylation sites is 1. The molecular formula is C20H23N3O3. The number of benzene rings is 1. The van der Waals surface area contributed by atoms with Crippen LogP contribution in [0.2, 0.25) is 0 Å². The van der Waals surface area contributed by atoms with Crippen molar-refractivity contribution in [1.82, 2.24) is 9.47 Å². The fourth-order valence-electron chi connectivity index (χ4n) is 3.28. The minimum Gasteiger partial charge on any atom is -0.324 e. The second kappa shape index (κ2) is 7.15. The van der Waals surface area contributed by atoms with E-state index in [1.54, 1.807) is 11.9 Å². The summed E-state index contributed by atoms with van der Waals surface area (Å²) in [7, 11) is 1.61. The monoisotopic (exact) mass is 353 g/mol. The van der Waals surface area contributed by atoms with Gasteiger partial charge in [0, 0.05) is 31.5 Å². The van der Waals surface area contributed by atoms with E-state index in [1.807, 2.05) is 38.1 Å². The molecule has 1 aromatic carbocycles. The maximum absolute atomic E-state index is 13.2. The molecule has 1 aliphatic heterocycles. The predicted octanol–water partition coefficient (Wildman–Crippen LogP) is 2.39. The molecule has 0 spiro atoms. The number of fused-ring (bicyclic) bond motifs is 1. The molecule has 1 aromatic heterocycles. The van der Waals surface area contributed by atoms with Gasteiger partial charge in [0.05, 0.1) is 5.56 Å². The largest absolute Gasteiger partial charge is 0.324 e. The lowest BCUT2D eigenvalue weighted by atomic mass is 9.96. The maximum atomic E-state index is 13.2. The lowest BCUT2D eigenvalue weighted by Gasteiger charge is -2.32. The lowest BCUT2D eigenvalue weighted by Crippen LogP contribution is -2.49. The van der Waals surface area contributed by atoms with Crippen molar-refractivity contribution < 1.29 is 9.59 Å². The molecule has 0 aliphatic carbocycles. The molecule has 1 aliphatic rings. The van der Waals surface area contributed by atoms with Crippen LogP contribution in [0, 0.1) is 5.92 Å². The molecule has 136 valence electrons. The van der Waals surface area contributed by atoms with Crippen LogP contribution < -0.4 is 10.9 Å². The van der Waals surface area contributed by atoms with E-state index in [0.29, 0.717) is 12.1 Å². The van der Waals surface area contributed by atoms with Crippen LogP contribution >= 0.6 is 0 Å². The number of amides is 2. The number of aromatic nitrogens is 1. The molecule has 26 heavy (non-hydrogen) atoms. The molecule has 0 unspecified atom stereocenters. The SMILES string of the molecule is CC[C@H](C)[C@H]1C(=O)Nc2ccccc2CN1C(=O)c1ccc(=O)n(C)c1. The molecule has 0 saturated carbocycles. The first-order valence-corrected chi connectivity index (χ1v) is 8.78. The summed E-state index contributed by atoms with van der Waals surface area (Å²) in [6.07, 6.45) is 2.29. The summed E-state index contributed by atoms with van der Waals surface area (Å²) >= 11 is 0. The molecule has 0 saturated heterocycles. The van der Waals surface area contributed by atoms with Crippen molar-refractivity contribution >= 4 is 17.5 Å². The number of anilines is 1. The third kappa shape index (κ3) is 3.27. The van der Waals surface area contributed by atoms with Crippen molar-refractivity contribution in [1.29, 1.82) is 0 Å². The highest BCUT2D eigenvalue weighted by Crippen LogP contribution is 2.28. The Morgan fingerprint density at radius 1 is 1.23 bits per heavy atom. The van der Waals surface area contributed by atoms with E-state index >= 15 is 0 Å². The number of hydrogen-bond donors (Lipinski definition) is 1. The van der Waals surface area contributed by atoms with E-state index in [2.05, 4.69) is 5.32 Å². The Labute approximate surface area is 152 Å². The summed E-state index contributed by atoms with van der Waals surface area (Å²) in [6.45, 7) is 4.32. The van der Waals surface area contributed by atoms with Gasteiger partial charge in [0.2, 0.25) is 11.5 Å². The van der Waals surface area contributed by atoms with Gasteiger partial charge in [-0.05, 0) is 23.6 Å². The zero-order valence-electron chi connectivity index (χ0n) is 15.2. The first-order chi connectivity index (χ1) is 12.4. The number of carbonyl (C=O) groups excluding carboxylic acids is 2. The fraction of sp³-hybridized carbons (Fsp3) is 0.350. The van der Waals surface area contributed by atoms with Gasteiger partial charge >= 0.3 is 0 Å². The average Bonchev–Trinajstić information content (AvgIpc) is 2.78. The summed E-state index contributed by atoms with van der Waals surface area (Å²) in [5.41, 5.74) is 1.85. The first kappa shape index (κ1) is 17.9. The Hall–Kier alpha value is -2.89. The smallest absolute Gasteiger partial charge is 0.256 e. The molecule has 3 rings (SSSR count). The molecular weight excluding hydrogens is 330 g/mol. The van der Waals surface area contributed by atoms with Crippen LogP contribution in [0.1, 0.15) is 36.2 Å². The lowest BCUT2D eigenvalue weighted by molar-refractivity contribution is -0.122. The van der Waals surface area contributed by atoms with Crippen LogP contribution in [0.3, 0.4) is 0 Å². The molecule has 6 nitrogen and oxygen atoms in total. The van der Waals surface area contributed by atoms with Gasteiger partial charge in [0.1, 0.15) is 6.04 Å². The average molecular weight is 353 g/mol. The van der Waals surface area contributed by atoms with Gasteiger partial charge in [-0.3, -0.25) is 14.4 Å². The van der Waals surface area contributed by atoms with Gasteiger partial charge in [-0.1, -0.05) is 38.5 Å². The Bertz CT molecular complexity index is 903. The van der Waals surface area contributed by atoms with Crippen LogP contribution in [0.15, 0.2) is 47.4 Å². The van der Waals surface area contributed by atoms with E-state index in [-0.39, 0.29) is 23.3 Å². The Morgan fingerprint density at radius 3 is 2.65 bits per heavy atom. The quantitative estimate of drug-likeness (QED) is 0.921. The van der Waals surface area contributed by atoms with Gasteiger partial charge < -0.3 is 14.8 Å². The zero-order chi connectivity index (χ0) is 18.8. The third-order valence-corrected chi connectivity index (χ3v) is 5.00. The minimum atomic E-state index is -0.572. The molecule has 0 fully saturated rings. The molecule has 0 bridgehead atoms. The molecule has 1 N–H and O–H groups in total. The van der Waals surface area contributed by atoms with E-state index < -0.39 is 6.04 Å². The van der Waals surface area contributed by atoms with Gasteiger partial charge in [-0.2, -0.15) is 0 Å². The summed E-state index contributed by atoms with van der Waals surface area (Å²) in [5.74, 6) is -0.430. The number of pyridine rings is 1.